The number of para-hydroxylation sites is 1. The van der Waals surface area contributed by atoms with Crippen molar-refractivity contribution in [3.05, 3.63) is 78.5 Å². The Labute approximate surface area is 147 Å². The topological polar surface area (TPSA) is 72.5 Å². The normalized spacial score (nSPS) is 11.2. The molecule has 0 aliphatic carbocycles. The van der Waals surface area contributed by atoms with Gasteiger partial charge in [0.1, 0.15) is 11.6 Å². The van der Waals surface area contributed by atoms with E-state index in [1.54, 1.807) is 13.3 Å². The maximum atomic E-state index is 6.05. The van der Waals surface area contributed by atoms with Gasteiger partial charge in [-0.05, 0) is 23.8 Å². The van der Waals surface area contributed by atoms with Gasteiger partial charge in [0.2, 0.25) is 0 Å². The number of methoxy groups -OCH3 is 1. The van der Waals surface area contributed by atoms with E-state index in [1.807, 2.05) is 66.7 Å². The number of nitrogens with zero attached hydrogens (tertiary/aromatic N) is 2. The molecule has 0 unspecified atom stereocenters. The molecule has 0 aliphatic heterocycles. The van der Waals surface area contributed by atoms with Crippen LogP contribution in [0.15, 0.2) is 77.9 Å². The van der Waals surface area contributed by atoms with Gasteiger partial charge in [0, 0.05) is 17.3 Å². The monoisotopic (exact) mass is 332 g/mol. The van der Waals surface area contributed by atoms with Crippen molar-refractivity contribution in [1.82, 2.24) is 4.98 Å². The first-order valence-electron chi connectivity index (χ1n) is 7.97. The third-order valence-corrected chi connectivity index (χ3v) is 3.75. The minimum Gasteiger partial charge on any atom is -0.496 e. The summed E-state index contributed by atoms with van der Waals surface area (Å²) in [5.74, 6) is 1.78. The molecule has 25 heavy (non-hydrogen) atoms. The van der Waals surface area contributed by atoms with Gasteiger partial charge in [0.15, 0.2) is 5.96 Å². The summed E-state index contributed by atoms with van der Waals surface area (Å²) in [5.41, 5.74) is 9.06. The molecule has 3 N–H and O–H groups in total. The lowest BCUT2D eigenvalue weighted by Crippen LogP contribution is -2.23. The summed E-state index contributed by atoms with van der Waals surface area (Å²) in [6, 6.07) is 21.7. The number of hydrogen-bond acceptors (Lipinski definition) is 3. The average Bonchev–Trinajstić information content (AvgIpc) is 2.67. The van der Waals surface area contributed by atoms with Crippen LogP contribution >= 0.6 is 0 Å². The molecule has 0 bridgehead atoms. The van der Waals surface area contributed by atoms with Crippen molar-refractivity contribution in [2.24, 2.45) is 10.7 Å². The quantitative estimate of drug-likeness (QED) is 0.552. The molecule has 0 saturated carbocycles. The van der Waals surface area contributed by atoms with E-state index in [9.17, 15) is 0 Å². The molecule has 0 saturated heterocycles. The van der Waals surface area contributed by atoms with Gasteiger partial charge >= 0.3 is 0 Å². The van der Waals surface area contributed by atoms with Crippen LogP contribution in [-0.4, -0.2) is 18.1 Å². The van der Waals surface area contributed by atoms with E-state index >= 15 is 0 Å². The first-order valence-corrected chi connectivity index (χ1v) is 7.97. The molecule has 0 amide bonds. The second-order valence-corrected chi connectivity index (χ2v) is 5.40. The van der Waals surface area contributed by atoms with Crippen molar-refractivity contribution in [1.29, 1.82) is 0 Å². The lowest BCUT2D eigenvalue weighted by atomic mass is 10.1. The van der Waals surface area contributed by atoms with Gasteiger partial charge in [-0.2, -0.15) is 0 Å². The molecule has 2 aromatic carbocycles. The van der Waals surface area contributed by atoms with Crippen molar-refractivity contribution < 1.29 is 4.74 Å². The number of benzene rings is 2. The number of pyridine rings is 1. The molecule has 0 atom stereocenters. The summed E-state index contributed by atoms with van der Waals surface area (Å²) in [6.45, 7) is 0.427. The van der Waals surface area contributed by atoms with Crippen LogP contribution in [0.3, 0.4) is 0 Å². The molecule has 3 aromatic rings. The number of nitrogens with one attached hydrogen (secondary N) is 1. The van der Waals surface area contributed by atoms with Crippen molar-refractivity contribution in [2.45, 2.75) is 6.54 Å². The number of nitrogens with two attached hydrogens (primary N) is 1. The highest BCUT2D eigenvalue weighted by Crippen LogP contribution is 2.25. The predicted octanol–water partition coefficient (Wildman–Crippen LogP) is 3.68. The third-order valence-electron chi connectivity index (χ3n) is 3.75. The van der Waals surface area contributed by atoms with Crippen LogP contribution in [0.4, 0.5) is 5.82 Å². The van der Waals surface area contributed by atoms with Crippen LogP contribution < -0.4 is 15.8 Å². The predicted molar refractivity (Wildman–Crippen MR) is 102 cm³/mol. The number of anilines is 1. The smallest absolute Gasteiger partial charge is 0.194 e. The zero-order valence-electron chi connectivity index (χ0n) is 14.0. The average molecular weight is 332 g/mol. The second-order valence-electron chi connectivity index (χ2n) is 5.40. The van der Waals surface area contributed by atoms with Crippen molar-refractivity contribution in [3.8, 4) is 16.9 Å². The van der Waals surface area contributed by atoms with Crippen LogP contribution in [-0.2, 0) is 6.54 Å². The van der Waals surface area contributed by atoms with Gasteiger partial charge in [-0.25, -0.2) is 9.98 Å². The number of hydrogen-bond donors (Lipinski definition) is 2. The summed E-state index contributed by atoms with van der Waals surface area (Å²) < 4.78 is 5.33. The first kappa shape index (κ1) is 16.5. The summed E-state index contributed by atoms with van der Waals surface area (Å²) in [7, 11) is 1.64. The van der Waals surface area contributed by atoms with E-state index in [2.05, 4.69) is 15.3 Å². The van der Waals surface area contributed by atoms with Gasteiger partial charge < -0.3 is 15.8 Å². The molecule has 0 spiro atoms. The minimum atomic E-state index is 0.307. The summed E-state index contributed by atoms with van der Waals surface area (Å²) in [4.78, 5) is 8.78. The Morgan fingerprint density at radius 1 is 1.04 bits per heavy atom. The maximum Gasteiger partial charge on any atom is 0.194 e. The molecular formula is C20H20N4O. The van der Waals surface area contributed by atoms with E-state index in [-0.39, 0.29) is 0 Å². The summed E-state index contributed by atoms with van der Waals surface area (Å²) in [6.07, 6.45) is 1.72. The second kappa shape index (κ2) is 7.97. The largest absolute Gasteiger partial charge is 0.496 e. The molecule has 3 rings (SSSR count). The van der Waals surface area contributed by atoms with Crippen LogP contribution in [0.2, 0.25) is 0 Å². The summed E-state index contributed by atoms with van der Waals surface area (Å²) >= 11 is 0. The van der Waals surface area contributed by atoms with E-state index in [1.165, 1.54) is 0 Å². The third kappa shape index (κ3) is 4.14. The van der Waals surface area contributed by atoms with Crippen LogP contribution in [0.1, 0.15) is 5.56 Å². The SMILES string of the molecule is COc1ccccc1CN=C(N)Nc1ncccc1-c1ccccc1. The number of aromatic nitrogens is 1. The fourth-order valence-electron chi connectivity index (χ4n) is 2.52. The Hall–Kier alpha value is -3.34. The Balaban J connectivity index is 1.78. The van der Waals surface area contributed by atoms with Crippen molar-refractivity contribution >= 4 is 11.8 Å². The van der Waals surface area contributed by atoms with E-state index in [4.69, 9.17) is 10.5 Å². The lowest BCUT2D eigenvalue weighted by Gasteiger charge is -2.11. The molecule has 0 radical (unpaired) electrons. The minimum absolute atomic E-state index is 0.307. The highest BCUT2D eigenvalue weighted by Gasteiger charge is 2.07. The lowest BCUT2D eigenvalue weighted by molar-refractivity contribution is 0.410. The van der Waals surface area contributed by atoms with E-state index < -0.39 is 0 Å². The molecule has 5 nitrogen and oxygen atoms in total. The Bertz CT molecular complexity index is 862. The first-order chi connectivity index (χ1) is 12.3. The number of ether oxygens (including phenoxy) is 1. The van der Waals surface area contributed by atoms with Gasteiger partial charge in [-0.3, -0.25) is 0 Å². The van der Waals surface area contributed by atoms with Crippen LogP contribution in [0, 0.1) is 0 Å². The highest BCUT2D eigenvalue weighted by atomic mass is 16.5. The number of aliphatic imine (C=N–C) groups is 1. The molecule has 5 heteroatoms. The van der Waals surface area contributed by atoms with Crippen molar-refractivity contribution in [3.63, 3.8) is 0 Å². The molecule has 0 fully saturated rings. The number of rotatable bonds is 5. The zero-order valence-corrected chi connectivity index (χ0v) is 14.0. The zero-order chi connectivity index (χ0) is 17.5. The van der Waals surface area contributed by atoms with E-state index in [0.29, 0.717) is 18.3 Å². The van der Waals surface area contributed by atoms with Gasteiger partial charge in [-0.1, -0.05) is 48.5 Å². The summed E-state index contributed by atoms with van der Waals surface area (Å²) in [5, 5.41) is 3.09. The van der Waals surface area contributed by atoms with E-state index in [0.717, 1.165) is 22.4 Å². The Morgan fingerprint density at radius 3 is 2.60 bits per heavy atom. The number of guanidine groups is 1. The van der Waals surface area contributed by atoms with Gasteiger partial charge in [-0.15, -0.1) is 0 Å². The standard InChI is InChI=1S/C20H20N4O/c1-25-18-12-6-5-10-16(18)14-23-20(21)24-19-17(11-7-13-22-19)15-8-3-2-4-9-15/h2-13H,14H2,1H3,(H3,21,22,23,24). The van der Waals surface area contributed by atoms with Crippen LogP contribution in [0.25, 0.3) is 11.1 Å². The molecule has 1 heterocycles. The highest BCUT2D eigenvalue weighted by molar-refractivity contribution is 5.95. The van der Waals surface area contributed by atoms with Gasteiger partial charge in [0.25, 0.3) is 0 Å². The maximum absolute atomic E-state index is 6.05. The van der Waals surface area contributed by atoms with Crippen molar-refractivity contribution in [2.75, 3.05) is 12.4 Å². The molecule has 0 aliphatic rings. The molecular weight excluding hydrogens is 312 g/mol. The fraction of sp³-hybridized carbons (Fsp3) is 0.100. The fourth-order valence-corrected chi connectivity index (χ4v) is 2.52. The molecule has 1 aromatic heterocycles. The Morgan fingerprint density at radius 2 is 1.80 bits per heavy atom. The molecule has 126 valence electrons. The van der Waals surface area contributed by atoms with Gasteiger partial charge in [0.05, 0.1) is 13.7 Å². The van der Waals surface area contributed by atoms with Crippen LogP contribution in [0.5, 0.6) is 5.75 Å². The Kier molecular flexibility index (Phi) is 5.26.